The smallest absolute Gasteiger partial charge is 0.350 e. The van der Waals surface area contributed by atoms with E-state index in [1.807, 2.05) is 0 Å². The third-order valence-electron chi connectivity index (χ3n) is 4.71. The van der Waals surface area contributed by atoms with E-state index >= 15 is 0 Å². The summed E-state index contributed by atoms with van der Waals surface area (Å²) in [6.45, 7) is 0. The molecule has 3 rings (SSSR count). The minimum atomic E-state index is -1.06. The lowest BCUT2D eigenvalue weighted by Gasteiger charge is -2.10. The van der Waals surface area contributed by atoms with Crippen LogP contribution >= 0.6 is 11.6 Å². The first-order chi connectivity index (χ1) is 17.7. The summed E-state index contributed by atoms with van der Waals surface area (Å²) in [6, 6.07) is 14.2. The Morgan fingerprint density at radius 2 is 1.65 bits per heavy atom. The van der Waals surface area contributed by atoms with Crippen LogP contribution in [0.25, 0.3) is 0 Å². The molecule has 0 saturated carbocycles. The number of para-hydroxylation sites is 1. The number of hydrazone groups is 1. The number of carbonyl (C=O) groups excluding carboxylic acids is 3. The van der Waals surface area contributed by atoms with E-state index in [-0.39, 0.29) is 22.7 Å². The summed E-state index contributed by atoms with van der Waals surface area (Å²) in [5, 5.41) is 17.6. The highest BCUT2D eigenvalue weighted by Gasteiger charge is 2.22. The summed E-state index contributed by atoms with van der Waals surface area (Å²) < 4.78 is 15.6. The fraction of sp³-hybridized carbons (Fsp3) is 0.0833. The van der Waals surface area contributed by atoms with Crippen LogP contribution < -0.4 is 25.0 Å². The topological polar surface area (TPSA) is 158 Å². The van der Waals surface area contributed by atoms with Gasteiger partial charge >= 0.3 is 17.8 Å². The third kappa shape index (κ3) is 6.80. The average molecular weight is 527 g/mol. The fourth-order valence-electron chi connectivity index (χ4n) is 2.98. The quantitative estimate of drug-likeness (QED) is 0.112. The Morgan fingerprint density at radius 3 is 2.35 bits per heavy atom. The number of rotatable bonds is 8. The van der Waals surface area contributed by atoms with Gasteiger partial charge in [-0.05, 0) is 48.0 Å². The summed E-state index contributed by atoms with van der Waals surface area (Å²) in [4.78, 5) is 47.2. The Kier molecular flexibility index (Phi) is 8.73. The zero-order chi connectivity index (χ0) is 26.9. The first kappa shape index (κ1) is 26.6. The van der Waals surface area contributed by atoms with Gasteiger partial charge in [-0.3, -0.25) is 19.7 Å². The summed E-state index contributed by atoms with van der Waals surface area (Å²) in [7, 11) is 2.73. The van der Waals surface area contributed by atoms with Crippen molar-refractivity contribution in [1.82, 2.24) is 5.43 Å². The molecule has 3 aromatic carbocycles. The van der Waals surface area contributed by atoms with Gasteiger partial charge in [-0.25, -0.2) is 10.2 Å². The fourth-order valence-corrected chi connectivity index (χ4v) is 3.15. The molecule has 190 valence electrons. The Labute approximate surface area is 214 Å². The molecular formula is C24H19ClN4O8. The maximum absolute atomic E-state index is 12.5. The molecule has 37 heavy (non-hydrogen) atoms. The molecule has 0 heterocycles. The normalized spacial score (nSPS) is 10.5. The summed E-state index contributed by atoms with van der Waals surface area (Å²) >= 11 is 5.91. The van der Waals surface area contributed by atoms with E-state index in [1.54, 1.807) is 6.07 Å². The van der Waals surface area contributed by atoms with E-state index in [0.29, 0.717) is 16.3 Å². The number of nitro benzene ring substituents is 1. The predicted octanol–water partition coefficient (Wildman–Crippen LogP) is 3.57. The summed E-state index contributed by atoms with van der Waals surface area (Å²) in [5.41, 5.74) is 2.08. The molecule has 0 bridgehead atoms. The van der Waals surface area contributed by atoms with E-state index in [4.69, 9.17) is 25.8 Å². The second-order valence-corrected chi connectivity index (χ2v) is 7.51. The molecule has 12 nitrogen and oxygen atoms in total. The highest BCUT2D eigenvalue weighted by Crippen LogP contribution is 2.30. The van der Waals surface area contributed by atoms with Crippen molar-refractivity contribution in [2.45, 2.75) is 0 Å². The van der Waals surface area contributed by atoms with Crippen molar-refractivity contribution in [1.29, 1.82) is 0 Å². The van der Waals surface area contributed by atoms with Gasteiger partial charge in [0.25, 0.3) is 5.69 Å². The zero-order valence-corrected chi connectivity index (χ0v) is 20.1. The van der Waals surface area contributed by atoms with E-state index in [0.717, 1.165) is 0 Å². The summed E-state index contributed by atoms with van der Waals surface area (Å²) in [6.07, 6.45) is 1.22. The van der Waals surface area contributed by atoms with Gasteiger partial charge in [-0.2, -0.15) is 5.10 Å². The van der Waals surface area contributed by atoms with Crippen LogP contribution in [0.1, 0.15) is 15.9 Å². The molecule has 0 spiro atoms. The van der Waals surface area contributed by atoms with E-state index in [1.165, 1.54) is 75.0 Å². The number of hydrogen-bond acceptors (Lipinski definition) is 9. The molecule has 0 fully saturated rings. The van der Waals surface area contributed by atoms with Crippen molar-refractivity contribution >= 4 is 47.0 Å². The molecule has 2 N–H and O–H groups in total. The second-order valence-electron chi connectivity index (χ2n) is 7.07. The van der Waals surface area contributed by atoms with Gasteiger partial charge in [0.2, 0.25) is 0 Å². The monoisotopic (exact) mass is 526 g/mol. The first-order valence-corrected chi connectivity index (χ1v) is 10.7. The number of ether oxygens (including phenoxy) is 3. The highest BCUT2D eigenvalue weighted by atomic mass is 35.5. The number of hydrogen-bond donors (Lipinski definition) is 2. The van der Waals surface area contributed by atoms with Crippen LogP contribution in [0.5, 0.6) is 17.2 Å². The number of anilines is 1. The molecule has 0 aromatic heterocycles. The molecule has 2 amide bonds. The lowest BCUT2D eigenvalue weighted by molar-refractivity contribution is -0.385. The van der Waals surface area contributed by atoms with Gasteiger partial charge in [0, 0.05) is 11.1 Å². The zero-order valence-electron chi connectivity index (χ0n) is 19.4. The van der Waals surface area contributed by atoms with Crippen molar-refractivity contribution in [3.05, 3.63) is 86.9 Å². The number of methoxy groups -OCH3 is 2. The number of nitro groups is 1. The van der Waals surface area contributed by atoms with Crippen LogP contribution in [0.15, 0.2) is 65.8 Å². The van der Waals surface area contributed by atoms with Gasteiger partial charge in [0.1, 0.15) is 11.3 Å². The van der Waals surface area contributed by atoms with Crippen molar-refractivity contribution in [3.8, 4) is 17.2 Å². The van der Waals surface area contributed by atoms with Gasteiger partial charge in [-0.15, -0.1) is 0 Å². The Hall–Kier alpha value is -4.97. The Bertz CT molecular complexity index is 1390. The number of halogens is 1. The van der Waals surface area contributed by atoms with Crippen molar-refractivity contribution in [3.63, 3.8) is 0 Å². The van der Waals surface area contributed by atoms with Crippen LogP contribution in [0.4, 0.5) is 11.4 Å². The number of esters is 1. The Morgan fingerprint density at radius 1 is 0.946 bits per heavy atom. The number of nitrogens with one attached hydrogen (secondary N) is 2. The maximum atomic E-state index is 12.5. The summed E-state index contributed by atoms with van der Waals surface area (Å²) in [5.74, 6) is -2.58. The number of nitrogens with zero attached hydrogens (tertiary/aromatic N) is 2. The van der Waals surface area contributed by atoms with E-state index < -0.39 is 28.4 Å². The molecule has 0 aliphatic carbocycles. The molecule has 0 aliphatic heterocycles. The molecule has 13 heteroatoms. The van der Waals surface area contributed by atoms with Crippen molar-refractivity contribution in [2.24, 2.45) is 5.10 Å². The molecular weight excluding hydrogens is 508 g/mol. The average Bonchev–Trinajstić information content (AvgIpc) is 2.89. The van der Waals surface area contributed by atoms with E-state index in [2.05, 4.69) is 15.8 Å². The lowest BCUT2D eigenvalue weighted by Crippen LogP contribution is -2.32. The minimum Gasteiger partial charge on any atom is -0.495 e. The molecule has 0 radical (unpaired) electrons. The second kappa shape index (κ2) is 12.1. The number of amides is 2. The molecule has 0 aliphatic rings. The van der Waals surface area contributed by atoms with Crippen LogP contribution in [-0.2, 0) is 9.59 Å². The maximum Gasteiger partial charge on any atom is 0.350 e. The predicted molar refractivity (Wildman–Crippen MR) is 133 cm³/mol. The van der Waals surface area contributed by atoms with Crippen molar-refractivity contribution in [2.75, 3.05) is 19.5 Å². The van der Waals surface area contributed by atoms with Crippen LogP contribution in [0.3, 0.4) is 0 Å². The number of benzene rings is 3. The highest BCUT2D eigenvalue weighted by molar-refractivity contribution is 6.40. The third-order valence-corrected chi connectivity index (χ3v) is 4.94. The molecule has 0 atom stereocenters. The van der Waals surface area contributed by atoms with Gasteiger partial charge in [0.15, 0.2) is 11.5 Å². The first-order valence-electron chi connectivity index (χ1n) is 10.3. The van der Waals surface area contributed by atoms with Crippen LogP contribution in [0.2, 0.25) is 5.02 Å². The van der Waals surface area contributed by atoms with E-state index in [9.17, 15) is 24.5 Å². The Balaban J connectivity index is 1.66. The van der Waals surface area contributed by atoms with Crippen LogP contribution in [0, 0.1) is 10.1 Å². The van der Waals surface area contributed by atoms with Gasteiger partial charge in [0.05, 0.1) is 31.0 Å². The lowest BCUT2D eigenvalue weighted by atomic mass is 10.2. The molecule has 0 unspecified atom stereocenters. The minimum absolute atomic E-state index is 0.00156. The van der Waals surface area contributed by atoms with Gasteiger partial charge < -0.3 is 19.5 Å². The SMILES string of the molecule is COc1ccc(Cl)cc1NC(=O)C(=O)NN=Cc1ccc(OC(=O)c2ccccc2[N+](=O)[O-])c(OC)c1. The largest absolute Gasteiger partial charge is 0.495 e. The molecule has 0 saturated heterocycles. The molecule has 3 aromatic rings. The van der Waals surface area contributed by atoms with Crippen molar-refractivity contribution < 1.29 is 33.5 Å². The number of carbonyl (C=O) groups is 3. The van der Waals surface area contributed by atoms with Gasteiger partial charge in [-0.1, -0.05) is 23.7 Å². The van der Waals surface area contributed by atoms with Crippen LogP contribution in [-0.4, -0.2) is 43.1 Å². The standard InChI is InChI=1S/C24H19ClN4O8/c1-35-19-10-8-15(25)12-17(19)27-22(30)23(31)28-26-13-14-7-9-20(21(11-14)36-2)37-24(32)16-5-3-4-6-18(16)29(33)34/h3-13H,1-2H3,(H,27,30)(H,28,31).